The quantitative estimate of drug-likeness (QED) is 0.165. The fourth-order valence-electron chi connectivity index (χ4n) is 10.3. The fourth-order valence-corrected chi connectivity index (χ4v) is 10.3. The maximum Gasteiger partial charge on any atom is 0.0543 e. The first-order valence-corrected chi connectivity index (χ1v) is 21.1. The van der Waals surface area contributed by atoms with Crippen LogP contribution >= 0.6 is 0 Å². The molecule has 0 unspecified atom stereocenters. The first kappa shape index (κ1) is 37.5. The van der Waals surface area contributed by atoms with E-state index >= 15 is 0 Å². The molecule has 8 aromatic carbocycles. The Morgan fingerprint density at radius 3 is 1.47 bits per heavy atom. The molecule has 0 aromatic heterocycles. The minimum Gasteiger partial charge on any atom is -0.399 e. The van der Waals surface area contributed by atoms with Crippen LogP contribution < -0.4 is 21.3 Å². The summed E-state index contributed by atoms with van der Waals surface area (Å²) in [7, 11) is 0. The van der Waals surface area contributed by atoms with Gasteiger partial charge in [0.25, 0.3) is 0 Å². The fraction of sp³-hybridized carbons (Fsp3) is 0.179. The van der Waals surface area contributed by atoms with E-state index in [4.69, 9.17) is 11.5 Å². The molecule has 296 valence electrons. The molecule has 8 aromatic rings. The van der Waals surface area contributed by atoms with Crippen molar-refractivity contribution in [1.82, 2.24) is 0 Å². The molecule has 2 aliphatic carbocycles. The second-order valence-corrected chi connectivity index (χ2v) is 18.2. The van der Waals surface area contributed by atoms with Crippen LogP contribution in [0.25, 0.3) is 33.0 Å². The number of anilines is 8. The van der Waals surface area contributed by atoms with Gasteiger partial charge in [0.05, 0.1) is 5.69 Å². The number of nitrogen functional groups attached to an aromatic ring is 2. The van der Waals surface area contributed by atoms with Gasteiger partial charge in [0, 0.05) is 56.0 Å². The van der Waals surface area contributed by atoms with E-state index < -0.39 is 0 Å². The topological polar surface area (TPSA) is 58.5 Å². The van der Waals surface area contributed by atoms with Crippen LogP contribution in [0.3, 0.4) is 0 Å². The van der Waals surface area contributed by atoms with E-state index in [1.165, 1.54) is 83.2 Å². The van der Waals surface area contributed by atoms with Crippen LogP contribution in [0.5, 0.6) is 0 Å². The second-order valence-electron chi connectivity index (χ2n) is 18.2. The number of nitrogens with two attached hydrogens (primary N) is 2. The van der Waals surface area contributed by atoms with E-state index in [0.717, 1.165) is 39.8 Å². The highest BCUT2D eigenvalue weighted by molar-refractivity contribution is 6.10. The Morgan fingerprint density at radius 1 is 0.383 bits per heavy atom. The predicted octanol–water partition coefficient (Wildman–Crippen LogP) is 14.8. The van der Waals surface area contributed by atoms with Crippen molar-refractivity contribution in [2.75, 3.05) is 21.3 Å². The molecule has 2 aliphatic rings. The van der Waals surface area contributed by atoms with Crippen molar-refractivity contribution in [3.8, 4) is 22.3 Å². The van der Waals surface area contributed by atoms with E-state index in [2.05, 4.69) is 187 Å². The molecule has 0 aliphatic heterocycles. The van der Waals surface area contributed by atoms with Gasteiger partial charge in [-0.25, -0.2) is 0 Å². The summed E-state index contributed by atoms with van der Waals surface area (Å²) in [5.74, 6) is 0. The highest BCUT2D eigenvalue weighted by Crippen LogP contribution is 2.59. The summed E-state index contributed by atoms with van der Waals surface area (Å²) in [6.45, 7) is 18.3. The van der Waals surface area contributed by atoms with Gasteiger partial charge in [-0.05, 0) is 180 Å². The largest absolute Gasteiger partial charge is 0.399 e. The van der Waals surface area contributed by atoms with Crippen molar-refractivity contribution >= 4 is 56.3 Å². The number of rotatable bonds is 6. The van der Waals surface area contributed by atoms with Crippen molar-refractivity contribution in [2.24, 2.45) is 0 Å². The van der Waals surface area contributed by atoms with Gasteiger partial charge in [0.15, 0.2) is 0 Å². The molecule has 4 N–H and O–H groups in total. The van der Waals surface area contributed by atoms with Crippen LogP contribution in [0.4, 0.5) is 45.5 Å². The van der Waals surface area contributed by atoms with Crippen molar-refractivity contribution in [3.63, 3.8) is 0 Å². The Bertz CT molecular complexity index is 3040. The molecule has 0 bridgehead atoms. The molecule has 0 radical (unpaired) electrons. The number of aryl methyl sites for hydroxylation is 4. The van der Waals surface area contributed by atoms with Crippen LogP contribution in [0.15, 0.2) is 146 Å². The Kier molecular flexibility index (Phi) is 8.35. The van der Waals surface area contributed by atoms with Crippen LogP contribution in [-0.4, -0.2) is 0 Å². The lowest BCUT2D eigenvalue weighted by Gasteiger charge is -2.31. The average Bonchev–Trinajstić information content (AvgIpc) is 3.58. The standard InChI is InChI=1S/C56H52N4/c1-33-13-25-51(35(3)27-33)59(39-19-15-37(57)16-20-39)41-23-24-42-45-30-49-46(31-48(45)55(5,6)47(42)29-41)54-44-12-10-9-11-43(44)53(32-50(54)56(49,7)8)60(40-21-17-38(58)18-22-40)52-26-14-34(2)28-36(52)4/h9-32H,57-58H2,1-8H3. The van der Waals surface area contributed by atoms with Gasteiger partial charge in [0.1, 0.15) is 0 Å². The molecule has 0 amide bonds. The highest BCUT2D eigenvalue weighted by atomic mass is 15.2. The predicted molar refractivity (Wildman–Crippen MR) is 256 cm³/mol. The van der Waals surface area contributed by atoms with Gasteiger partial charge in [-0.1, -0.05) is 93.4 Å². The molecule has 10 rings (SSSR count). The maximum absolute atomic E-state index is 6.25. The van der Waals surface area contributed by atoms with Crippen LogP contribution in [0.2, 0.25) is 0 Å². The molecule has 0 saturated heterocycles. The lowest BCUT2D eigenvalue weighted by molar-refractivity contribution is 0.652. The third-order valence-electron chi connectivity index (χ3n) is 13.4. The minimum atomic E-state index is -0.255. The smallest absolute Gasteiger partial charge is 0.0543 e. The van der Waals surface area contributed by atoms with Gasteiger partial charge >= 0.3 is 0 Å². The summed E-state index contributed by atoms with van der Waals surface area (Å²) >= 11 is 0. The Labute approximate surface area is 354 Å². The lowest BCUT2D eigenvalue weighted by Crippen LogP contribution is -2.18. The monoisotopic (exact) mass is 780 g/mol. The summed E-state index contributed by atoms with van der Waals surface area (Å²) in [4.78, 5) is 4.81. The van der Waals surface area contributed by atoms with Crippen molar-refractivity contribution in [2.45, 2.75) is 66.2 Å². The number of nitrogens with zero attached hydrogens (tertiary/aromatic N) is 2. The first-order chi connectivity index (χ1) is 28.7. The van der Waals surface area contributed by atoms with Crippen LogP contribution in [-0.2, 0) is 10.8 Å². The Balaban J connectivity index is 1.15. The van der Waals surface area contributed by atoms with E-state index in [1.807, 2.05) is 24.3 Å². The van der Waals surface area contributed by atoms with E-state index in [0.29, 0.717) is 0 Å². The minimum absolute atomic E-state index is 0.234. The first-order valence-electron chi connectivity index (χ1n) is 21.1. The summed E-state index contributed by atoms with van der Waals surface area (Å²) in [5.41, 5.74) is 36.0. The number of fused-ring (bicyclic) bond motifs is 8. The Morgan fingerprint density at radius 2 is 0.867 bits per heavy atom. The summed E-state index contributed by atoms with van der Waals surface area (Å²) in [6, 6.07) is 53.6. The number of hydrogen-bond donors (Lipinski definition) is 2. The zero-order valence-electron chi connectivity index (χ0n) is 35.9. The van der Waals surface area contributed by atoms with Crippen molar-refractivity contribution in [1.29, 1.82) is 0 Å². The maximum atomic E-state index is 6.25. The molecular formula is C56H52N4. The molecule has 4 nitrogen and oxygen atoms in total. The number of hydrogen-bond acceptors (Lipinski definition) is 4. The SMILES string of the molecule is Cc1ccc(N(c2ccc(N)cc2)c2ccc3c(c2)C(C)(C)c2cc4c(cc2-3)C(C)(C)c2cc(N(c3ccc(N)cc3)c3ccc(C)cc3C)c3ccccc3c2-4)c(C)c1. The van der Waals surface area contributed by atoms with E-state index in [-0.39, 0.29) is 10.8 Å². The van der Waals surface area contributed by atoms with Gasteiger partial charge in [0.2, 0.25) is 0 Å². The Hall–Kier alpha value is -6.78. The molecule has 0 spiro atoms. The summed E-state index contributed by atoms with van der Waals surface area (Å²) in [5, 5.41) is 2.49. The molecule has 0 fully saturated rings. The van der Waals surface area contributed by atoms with Crippen molar-refractivity contribution < 1.29 is 0 Å². The van der Waals surface area contributed by atoms with Gasteiger partial charge < -0.3 is 21.3 Å². The molecule has 4 heteroatoms. The van der Waals surface area contributed by atoms with Gasteiger partial charge in [-0.3, -0.25) is 0 Å². The zero-order valence-corrected chi connectivity index (χ0v) is 35.9. The summed E-state index contributed by atoms with van der Waals surface area (Å²) < 4.78 is 0. The summed E-state index contributed by atoms with van der Waals surface area (Å²) in [6.07, 6.45) is 0. The van der Waals surface area contributed by atoms with Crippen LogP contribution in [0.1, 0.15) is 72.2 Å². The van der Waals surface area contributed by atoms with Gasteiger partial charge in [-0.15, -0.1) is 0 Å². The second kappa shape index (κ2) is 13.4. The zero-order chi connectivity index (χ0) is 41.8. The average molecular weight is 781 g/mol. The third kappa shape index (κ3) is 5.65. The molecule has 0 heterocycles. The molecular weight excluding hydrogens is 729 g/mol. The number of benzene rings is 8. The van der Waals surface area contributed by atoms with Gasteiger partial charge in [-0.2, -0.15) is 0 Å². The van der Waals surface area contributed by atoms with E-state index in [9.17, 15) is 0 Å². The van der Waals surface area contributed by atoms with E-state index in [1.54, 1.807) is 0 Å². The normalized spacial score (nSPS) is 14.1. The van der Waals surface area contributed by atoms with Crippen molar-refractivity contribution in [3.05, 3.63) is 190 Å². The molecule has 0 atom stereocenters. The molecule has 60 heavy (non-hydrogen) atoms. The van der Waals surface area contributed by atoms with Crippen LogP contribution in [0, 0.1) is 27.7 Å². The lowest BCUT2D eigenvalue weighted by atomic mass is 9.79. The molecule has 0 saturated carbocycles. The highest BCUT2D eigenvalue weighted by Gasteiger charge is 2.43. The third-order valence-corrected chi connectivity index (χ3v) is 13.4.